The second-order valence-electron chi connectivity index (χ2n) is 5.71. The molecule has 108 valence electrons. The van der Waals surface area contributed by atoms with Crippen molar-refractivity contribution in [1.82, 2.24) is 10.6 Å². The summed E-state index contributed by atoms with van der Waals surface area (Å²) in [5.41, 5.74) is 0.961. The van der Waals surface area contributed by atoms with Gasteiger partial charge in [-0.15, -0.1) is 0 Å². The van der Waals surface area contributed by atoms with Gasteiger partial charge in [0.15, 0.2) is 0 Å². The topological polar surface area (TPSA) is 70.6 Å². The summed E-state index contributed by atoms with van der Waals surface area (Å²) in [6.07, 6.45) is 2.75. The number of aliphatic hydroxyl groups excluding tert-OH is 1. The minimum absolute atomic E-state index is 0.00997. The molecule has 1 aliphatic heterocycles. The molecule has 1 aromatic carbocycles. The molecule has 20 heavy (non-hydrogen) atoms. The van der Waals surface area contributed by atoms with Gasteiger partial charge in [-0.1, -0.05) is 18.2 Å². The lowest BCUT2D eigenvalue weighted by Gasteiger charge is -2.27. The molecule has 1 unspecified atom stereocenters. The molecule has 5 nitrogen and oxygen atoms in total. The molecular formula is C15H20N2O3. The zero-order valence-electron chi connectivity index (χ0n) is 11.4. The largest absolute Gasteiger partial charge is 0.493 e. The highest BCUT2D eigenvalue weighted by molar-refractivity contribution is 5.74. The van der Waals surface area contributed by atoms with E-state index >= 15 is 0 Å². The lowest BCUT2D eigenvalue weighted by Crippen LogP contribution is -2.42. The maximum Gasteiger partial charge on any atom is 0.315 e. The minimum atomic E-state index is -0.175. The van der Waals surface area contributed by atoms with Crippen molar-refractivity contribution < 1.29 is 14.6 Å². The molecule has 5 heteroatoms. The average molecular weight is 276 g/mol. The number of benzene rings is 1. The van der Waals surface area contributed by atoms with Crippen LogP contribution in [0.15, 0.2) is 24.3 Å². The maximum atomic E-state index is 12.0. The first-order valence-corrected chi connectivity index (χ1v) is 7.09. The smallest absolute Gasteiger partial charge is 0.315 e. The molecule has 1 fully saturated rings. The normalized spacial score (nSPS) is 22.4. The molecule has 0 spiro atoms. The first-order chi connectivity index (χ1) is 9.72. The zero-order chi connectivity index (χ0) is 14.0. The van der Waals surface area contributed by atoms with Crippen LogP contribution in [0.25, 0.3) is 0 Å². The molecule has 1 aliphatic carbocycles. The van der Waals surface area contributed by atoms with Crippen LogP contribution in [-0.2, 0) is 0 Å². The maximum absolute atomic E-state index is 12.0. The Labute approximate surface area is 118 Å². The van der Waals surface area contributed by atoms with Gasteiger partial charge in [-0.25, -0.2) is 4.79 Å². The van der Waals surface area contributed by atoms with Gasteiger partial charge >= 0.3 is 6.03 Å². The number of carbonyl (C=O) groups excluding carboxylic acids is 1. The molecule has 0 saturated heterocycles. The summed E-state index contributed by atoms with van der Waals surface area (Å²) >= 11 is 0. The van der Waals surface area contributed by atoms with Crippen LogP contribution in [0.2, 0.25) is 0 Å². The van der Waals surface area contributed by atoms with E-state index in [-0.39, 0.29) is 24.1 Å². The number of rotatable bonds is 4. The lowest BCUT2D eigenvalue weighted by atomic mass is 10.0. The predicted octanol–water partition coefficient (Wildman–Crippen LogP) is 1.58. The Morgan fingerprint density at radius 1 is 1.40 bits per heavy atom. The van der Waals surface area contributed by atoms with Gasteiger partial charge < -0.3 is 20.5 Å². The summed E-state index contributed by atoms with van der Waals surface area (Å²) in [6.45, 7) is 1.30. The van der Waals surface area contributed by atoms with Crippen molar-refractivity contribution in [2.45, 2.75) is 25.3 Å². The molecule has 2 aliphatic rings. The number of hydrogen-bond acceptors (Lipinski definition) is 3. The van der Waals surface area contributed by atoms with Crippen LogP contribution in [-0.4, -0.2) is 30.9 Å². The van der Waals surface area contributed by atoms with Crippen molar-refractivity contribution in [3.05, 3.63) is 29.8 Å². The van der Waals surface area contributed by atoms with Crippen molar-refractivity contribution in [3.63, 3.8) is 0 Å². The van der Waals surface area contributed by atoms with E-state index in [0.717, 1.165) is 30.6 Å². The summed E-state index contributed by atoms with van der Waals surface area (Å²) in [7, 11) is 0. The average Bonchev–Trinajstić information content (AvgIpc) is 3.26. The molecule has 3 rings (SSSR count). The van der Waals surface area contributed by atoms with Crippen molar-refractivity contribution in [2.24, 2.45) is 5.41 Å². The van der Waals surface area contributed by atoms with E-state index in [4.69, 9.17) is 4.74 Å². The number of amides is 2. The van der Waals surface area contributed by atoms with E-state index in [9.17, 15) is 9.90 Å². The molecule has 1 heterocycles. The fourth-order valence-electron chi connectivity index (χ4n) is 2.54. The Bertz CT molecular complexity index is 500. The Kier molecular flexibility index (Phi) is 3.53. The van der Waals surface area contributed by atoms with Crippen LogP contribution in [0.1, 0.15) is 30.9 Å². The van der Waals surface area contributed by atoms with Crippen molar-refractivity contribution in [1.29, 1.82) is 0 Å². The number of carbonyl (C=O) groups is 1. The van der Waals surface area contributed by atoms with Gasteiger partial charge in [0.25, 0.3) is 0 Å². The van der Waals surface area contributed by atoms with E-state index in [1.54, 1.807) is 0 Å². The monoisotopic (exact) mass is 276 g/mol. The van der Waals surface area contributed by atoms with E-state index < -0.39 is 0 Å². The third-order valence-electron chi connectivity index (χ3n) is 4.18. The number of fused-ring (bicyclic) bond motifs is 1. The van der Waals surface area contributed by atoms with Gasteiger partial charge in [-0.05, 0) is 18.9 Å². The van der Waals surface area contributed by atoms with Crippen LogP contribution in [0, 0.1) is 5.41 Å². The first-order valence-electron chi connectivity index (χ1n) is 7.09. The third-order valence-corrected chi connectivity index (χ3v) is 4.18. The molecule has 2 amide bonds. The quantitative estimate of drug-likeness (QED) is 0.782. The summed E-state index contributed by atoms with van der Waals surface area (Å²) in [5.74, 6) is 0.845. The Morgan fingerprint density at radius 3 is 2.95 bits per heavy atom. The Hall–Kier alpha value is -1.75. The molecule has 0 bridgehead atoms. The second kappa shape index (κ2) is 5.32. The van der Waals surface area contributed by atoms with Gasteiger partial charge in [-0.2, -0.15) is 0 Å². The van der Waals surface area contributed by atoms with Gasteiger partial charge in [0, 0.05) is 23.9 Å². The number of nitrogens with one attached hydrogen (secondary N) is 2. The van der Waals surface area contributed by atoms with E-state index in [2.05, 4.69) is 10.6 Å². The highest BCUT2D eigenvalue weighted by Crippen LogP contribution is 2.44. The Balaban J connectivity index is 1.57. The second-order valence-corrected chi connectivity index (χ2v) is 5.71. The number of para-hydroxylation sites is 1. The molecule has 1 saturated carbocycles. The number of aliphatic hydroxyl groups is 1. The fourth-order valence-corrected chi connectivity index (χ4v) is 2.54. The first kappa shape index (κ1) is 13.2. The summed E-state index contributed by atoms with van der Waals surface area (Å²) in [6, 6.07) is 7.60. The fraction of sp³-hybridized carbons (Fsp3) is 0.533. The lowest BCUT2D eigenvalue weighted by molar-refractivity contribution is 0.199. The van der Waals surface area contributed by atoms with Gasteiger partial charge in [0.2, 0.25) is 0 Å². The number of hydrogen-bond donors (Lipinski definition) is 3. The van der Waals surface area contributed by atoms with Crippen molar-refractivity contribution in [2.75, 3.05) is 19.8 Å². The van der Waals surface area contributed by atoms with Crippen molar-refractivity contribution in [3.8, 4) is 5.75 Å². The van der Waals surface area contributed by atoms with E-state index in [0.29, 0.717) is 13.2 Å². The van der Waals surface area contributed by atoms with Gasteiger partial charge in [0.05, 0.1) is 19.3 Å². The number of urea groups is 1. The highest BCUT2D eigenvalue weighted by atomic mass is 16.5. The van der Waals surface area contributed by atoms with Gasteiger partial charge in [-0.3, -0.25) is 0 Å². The standard InChI is InChI=1S/C15H20N2O3/c18-10-15(6-7-15)9-16-14(19)17-12-5-8-20-13-4-2-1-3-11(12)13/h1-4,12,18H,5-10H2,(H2,16,17,19). The SMILES string of the molecule is O=C(NCC1(CO)CC1)NC1CCOc2ccccc21. The Morgan fingerprint density at radius 2 is 2.20 bits per heavy atom. The summed E-state index contributed by atoms with van der Waals surface area (Å²) in [5, 5.41) is 15.1. The molecular weight excluding hydrogens is 256 g/mol. The molecule has 0 radical (unpaired) electrons. The van der Waals surface area contributed by atoms with Crippen molar-refractivity contribution >= 4 is 6.03 Å². The zero-order valence-corrected chi connectivity index (χ0v) is 11.4. The van der Waals surface area contributed by atoms with Gasteiger partial charge in [0.1, 0.15) is 5.75 Å². The van der Waals surface area contributed by atoms with Crippen LogP contribution in [0.4, 0.5) is 4.79 Å². The minimum Gasteiger partial charge on any atom is -0.493 e. The molecule has 1 aromatic rings. The third kappa shape index (κ3) is 2.72. The highest BCUT2D eigenvalue weighted by Gasteiger charge is 2.42. The molecule has 3 N–H and O–H groups in total. The molecule has 0 aromatic heterocycles. The van der Waals surface area contributed by atoms with E-state index in [1.165, 1.54) is 0 Å². The van der Waals surface area contributed by atoms with Crippen LogP contribution in [0.5, 0.6) is 5.75 Å². The van der Waals surface area contributed by atoms with Crippen LogP contribution < -0.4 is 15.4 Å². The summed E-state index contributed by atoms with van der Waals surface area (Å²) < 4.78 is 5.57. The van der Waals surface area contributed by atoms with Crippen LogP contribution in [0.3, 0.4) is 0 Å². The number of ether oxygens (including phenoxy) is 1. The van der Waals surface area contributed by atoms with Crippen LogP contribution >= 0.6 is 0 Å². The molecule has 1 atom stereocenters. The van der Waals surface area contributed by atoms with E-state index in [1.807, 2.05) is 24.3 Å². The predicted molar refractivity (Wildman–Crippen MR) is 74.6 cm³/mol. The summed E-state index contributed by atoms with van der Waals surface area (Å²) in [4.78, 5) is 12.0.